The third kappa shape index (κ3) is 3.63. The first-order valence-corrected chi connectivity index (χ1v) is 12.4. The summed E-state index contributed by atoms with van der Waals surface area (Å²) in [5.41, 5.74) is 11.2. The van der Waals surface area contributed by atoms with Crippen LogP contribution in [-0.4, -0.2) is 16.9 Å². The molecule has 0 unspecified atom stereocenters. The van der Waals surface area contributed by atoms with Crippen molar-refractivity contribution >= 4 is 16.6 Å². The second kappa shape index (κ2) is 9.52. The number of rotatable bonds is 6. The fourth-order valence-electron chi connectivity index (χ4n) is 5.42. The lowest BCUT2D eigenvalue weighted by Gasteiger charge is -2.37. The number of benzene rings is 5. The maximum Gasteiger partial charge on any atom is 0.153 e. The second-order valence-corrected chi connectivity index (χ2v) is 9.16. The third-order valence-corrected chi connectivity index (χ3v) is 7.03. The Morgan fingerprint density at radius 2 is 1.26 bits per heavy atom. The van der Waals surface area contributed by atoms with Gasteiger partial charge in [0.2, 0.25) is 0 Å². The molecule has 0 bridgehead atoms. The molecular weight excluding hydrogens is 473 g/mol. The lowest BCUT2D eigenvalue weighted by atomic mass is 9.77. The lowest BCUT2D eigenvalue weighted by molar-refractivity contribution is 0.422. The van der Waals surface area contributed by atoms with E-state index in [1.165, 1.54) is 12.1 Å². The van der Waals surface area contributed by atoms with Crippen LogP contribution >= 0.6 is 0 Å². The van der Waals surface area contributed by atoms with Crippen LogP contribution in [0.5, 0.6) is 5.75 Å². The number of halogens is 1. The summed E-state index contributed by atoms with van der Waals surface area (Å²) < 4.78 is 22.3. The maximum atomic E-state index is 14.5. The van der Waals surface area contributed by atoms with Gasteiger partial charge in [-0.15, -0.1) is 0 Å². The molecule has 0 atom stereocenters. The van der Waals surface area contributed by atoms with Gasteiger partial charge < -0.3 is 10.5 Å². The standard InChI is InChI=1S/C33H26FN3O/c1-38-32-28(35)20-21-29-30(32)31(23-12-11-19-27(34)22-23)36-37(29)33(24-13-5-2-6-14-24,25-15-7-3-8-16-25)26-17-9-4-10-18-26/h2-22H,35H2,1H3. The first-order chi connectivity index (χ1) is 18.6. The van der Waals surface area contributed by atoms with Gasteiger partial charge >= 0.3 is 0 Å². The molecule has 0 fully saturated rings. The summed E-state index contributed by atoms with van der Waals surface area (Å²) in [5, 5.41) is 5.99. The van der Waals surface area contributed by atoms with E-state index >= 15 is 0 Å². The summed E-state index contributed by atoms with van der Waals surface area (Å²) >= 11 is 0. The molecule has 0 saturated carbocycles. The smallest absolute Gasteiger partial charge is 0.153 e. The van der Waals surface area contributed by atoms with E-state index < -0.39 is 5.54 Å². The number of aromatic nitrogens is 2. The minimum absolute atomic E-state index is 0.339. The van der Waals surface area contributed by atoms with Crippen molar-refractivity contribution in [2.45, 2.75) is 5.54 Å². The summed E-state index contributed by atoms with van der Waals surface area (Å²) in [6.45, 7) is 0. The SMILES string of the molecule is COc1c(N)ccc2c1c(-c1cccc(F)c1)nn2C(c1ccccc1)(c1ccccc1)c1ccccc1. The van der Waals surface area contributed by atoms with Crippen LogP contribution in [0.2, 0.25) is 0 Å². The zero-order valence-electron chi connectivity index (χ0n) is 20.9. The molecule has 38 heavy (non-hydrogen) atoms. The number of anilines is 1. The molecule has 2 N–H and O–H groups in total. The number of fused-ring (bicyclic) bond motifs is 1. The first-order valence-electron chi connectivity index (χ1n) is 12.4. The topological polar surface area (TPSA) is 53.1 Å². The lowest BCUT2D eigenvalue weighted by Crippen LogP contribution is -2.38. The molecule has 1 heterocycles. The highest BCUT2D eigenvalue weighted by atomic mass is 19.1. The molecule has 6 aromatic rings. The summed E-state index contributed by atoms with van der Waals surface area (Å²) in [4.78, 5) is 0. The van der Waals surface area contributed by atoms with E-state index in [1.54, 1.807) is 13.2 Å². The quantitative estimate of drug-likeness (QED) is 0.194. The van der Waals surface area contributed by atoms with Gasteiger partial charge in [-0.3, -0.25) is 0 Å². The Labute approximate surface area is 220 Å². The predicted octanol–water partition coefficient (Wildman–Crippen LogP) is 7.27. The van der Waals surface area contributed by atoms with Gasteiger partial charge in [0.1, 0.15) is 17.1 Å². The zero-order chi connectivity index (χ0) is 26.1. The van der Waals surface area contributed by atoms with Crippen molar-refractivity contribution in [2.24, 2.45) is 0 Å². The normalized spacial score (nSPS) is 11.5. The van der Waals surface area contributed by atoms with E-state index in [0.717, 1.165) is 27.6 Å². The van der Waals surface area contributed by atoms with Crippen molar-refractivity contribution in [1.82, 2.24) is 9.78 Å². The van der Waals surface area contributed by atoms with Gasteiger partial charge in [-0.05, 0) is 41.0 Å². The number of nitrogen functional groups attached to an aromatic ring is 1. The van der Waals surface area contributed by atoms with Gasteiger partial charge in [0.15, 0.2) is 5.75 Å². The van der Waals surface area contributed by atoms with Crippen molar-refractivity contribution in [3.8, 4) is 17.0 Å². The highest BCUT2D eigenvalue weighted by Gasteiger charge is 2.41. The largest absolute Gasteiger partial charge is 0.494 e. The Bertz CT molecular complexity index is 1620. The van der Waals surface area contributed by atoms with Crippen LogP contribution in [-0.2, 0) is 5.54 Å². The molecule has 186 valence electrons. The van der Waals surface area contributed by atoms with Crippen molar-refractivity contribution in [2.75, 3.05) is 12.8 Å². The first kappa shape index (κ1) is 23.5. The summed E-state index contributed by atoms with van der Waals surface area (Å²) in [7, 11) is 1.59. The number of hydrogen-bond acceptors (Lipinski definition) is 3. The molecule has 5 aromatic carbocycles. The minimum atomic E-state index is -0.852. The van der Waals surface area contributed by atoms with Gasteiger partial charge in [-0.25, -0.2) is 9.07 Å². The van der Waals surface area contributed by atoms with E-state index in [2.05, 4.69) is 36.4 Å². The van der Waals surface area contributed by atoms with E-state index in [0.29, 0.717) is 22.7 Å². The molecule has 0 aliphatic carbocycles. The minimum Gasteiger partial charge on any atom is -0.494 e. The Kier molecular flexibility index (Phi) is 5.89. The van der Waals surface area contributed by atoms with Gasteiger partial charge in [0.25, 0.3) is 0 Å². The van der Waals surface area contributed by atoms with Crippen LogP contribution < -0.4 is 10.5 Å². The van der Waals surface area contributed by atoms with Crippen LogP contribution in [0.3, 0.4) is 0 Å². The molecule has 0 aliphatic rings. The van der Waals surface area contributed by atoms with Crippen LogP contribution in [0.4, 0.5) is 10.1 Å². The van der Waals surface area contributed by atoms with Crippen molar-refractivity contribution in [3.63, 3.8) is 0 Å². The molecule has 0 radical (unpaired) electrons. The van der Waals surface area contributed by atoms with Crippen molar-refractivity contribution < 1.29 is 9.13 Å². The zero-order valence-corrected chi connectivity index (χ0v) is 20.9. The fourth-order valence-corrected chi connectivity index (χ4v) is 5.42. The molecule has 0 amide bonds. The Balaban J connectivity index is 1.83. The molecule has 0 saturated heterocycles. The maximum absolute atomic E-state index is 14.5. The molecular formula is C33H26FN3O. The molecule has 0 spiro atoms. The fraction of sp³-hybridized carbons (Fsp3) is 0.0606. The Morgan fingerprint density at radius 3 is 1.76 bits per heavy atom. The van der Waals surface area contributed by atoms with E-state index in [4.69, 9.17) is 15.6 Å². The molecule has 1 aromatic heterocycles. The molecule has 6 rings (SSSR count). The van der Waals surface area contributed by atoms with Crippen LogP contribution in [0, 0.1) is 5.82 Å². The average molecular weight is 500 g/mol. The highest BCUT2D eigenvalue weighted by Crippen LogP contribution is 2.46. The monoisotopic (exact) mass is 499 g/mol. The predicted molar refractivity (Wildman–Crippen MR) is 151 cm³/mol. The summed E-state index contributed by atoms with van der Waals surface area (Å²) in [6.07, 6.45) is 0. The van der Waals surface area contributed by atoms with Crippen molar-refractivity contribution in [3.05, 3.63) is 150 Å². The van der Waals surface area contributed by atoms with Gasteiger partial charge in [0.05, 0.1) is 23.7 Å². The van der Waals surface area contributed by atoms with Crippen LogP contribution in [0.1, 0.15) is 16.7 Å². The number of nitrogens with two attached hydrogens (primary N) is 1. The highest BCUT2D eigenvalue weighted by molar-refractivity contribution is 6.01. The third-order valence-electron chi connectivity index (χ3n) is 7.03. The Morgan fingerprint density at radius 1 is 0.711 bits per heavy atom. The number of nitrogens with zero attached hydrogens (tertiary/aromatic N) is 2. The van der Waals surface area contributed by atoms with E-state index in [9.17, 15) is 4.39 Å². The Hall–Kier alpha value is -4.90. The molecule has 4 nitrogen and oxygen atoms in total. The van der Waals surface area contributed by atoms with E-state index in [-0.39, 0.29) is 5.82 Å². The van der Waals surface area contributed by atoms with Gasteiger partial charge in [-0.2, -0.15) is 5.10 Å². The number of methoxy groups -OCH3 is 1. The number of ether oxygens (including phenoxy) is 1. The van der Waals surface area contributed by atoms with Crippen molar-refractivity contribution in [1.29, 1.82) is 0 Å². The summed E-state index contributed by atoms with van der Waals surface area (Å²) in [5.74, 6) is 0.171. The second-order valence-electron chi connectivity index (χ2n) is 9.16. The summed E-state index contributed by atoms with van der Waals surface area (Å²) in [6, 6.07) is 41.2. The van der Waals surface area contributed by atoms with E-state index in [1.807, 2.05) is 77.5 Å². The van der Waals surface area contributed by atoms with Gasteiger partial charge in [-0.1, -0.05) is 103 Å². The average Bonchev–Trinajstić information content (AvgIpc) is 3.35. The van der Waals surface area contributed by atoms with Crippen LogP contribution in [0.25, 0.3) is 22.2 Å². The molecule has 5 heteroatoms. The van der Waals surface area contributed by atoms with Gasteiger partial charge in [0, 0.05) is 5.56 Å². The van der Waals surface area contributed by atoms with Crippen LogP contribution in [0.15, 0.2) is 127 Å². The molecule has 0 aliphatic heterocycles. The number of hydrogen-bond donors (Lipinski definition) is 1.